The summed E-state index contributed by atoms with van der Waals surface area (Å²) in [5.74, 6) is 1.13. The van der Waals surface area contributed by atoms with Crippen LogP contribution < -0.4 is 9.47 Å². The standard InChI is InChI=1S/C26H21I2NO4/c1-16-12-19(8-9-20(16)27)25-29-22(26(30)33-25)14-18-13-21(28)24(23(15-18)31-2)32-11-10-17-6-4-3-5-7-17/h3-9,12-15H,10-11H2,1-2H3/b22-14-. The molecule has 3 aromatic carbocycles. The summed E-state index contributed by atoms with van der Waals surface area (Å²) >= 11 is 4.48. The van der Waals surface area contributed by atoms with E-state index in [2.05, 4.69) is 62.3 Å². The molecule has 0 saturated carbocycles. The molecule has 0 N–H and O–H groups in total. The zero-order valence-electron chi connectivity index (χ0n) is 18.1. The normalized spacial score (nSPS) is 14.2. The van der Waals surface area contributed by atoms with Gasteiger partial charge < -0.3 is 14.2 Å². The maximum Gasteiger partial charge on any atom is 0.363 e. The lowest BCUT2D eigenvalue weighted by Gasteiger charge is -2.13. The number of aliphatic imine (C=N–C) groups is 1. The monoisotopic (exact) mass is 665 g/mol. The van der Waals surface area contributed by atoms with Gasteiger partial charge in [-0.3, -0.25) is 0 Å². The molecule has 1 aliphatic heterocycles. The Morgan fingerprint density at radius 3 is 2.55 bits per heavy atom. The first kappa shape index (κ1) is 23.7. The summed E-state index contributed by atoms with van der Waals surface area (Å²) < 4.78 is 19.0. The topological polar surface area (TPSA) is 57.1 Å². The fraction of sp³-hybridized carbons (Fsp3) is 0.154. The second kappa shape index (κ2) is 10.7. The summed E-state index contributed by atoms with van der Waals surface area (Å²) in [7, 11) is 1.60. The molecule has 168 valence electrons. The smallest absolute Gasteiger partial charge is 0.363 e. The number of benzene rings is 3. The number of nitrogens with zero attached hydrogens (tertiary/aromatic N) is 1. The van der Waals surface area contributed by atoms with E-state index in [0.717, 1.165) is 30.3 Å². The van der Waals surface area contributed by atoms with Crippen LogP contribution in [0, 0.1) is 14.1 Å². The van der Waals surface area contributed by atoms with E-state index in [4.69, 9.17) is 14.2 Å². The van der Waals surface area contributed by atoms with E-state index in [9.17, 15) is 4.79 Å². The minimum atomic E-state index is -0.474. The number of halogens is 2. The molecular formula is C26H21I2NO4. The lowest BCUT2D eigenvalue weighted by molar-refractivity contribution is -0.129. The van der Waals surface area contributed by atoms with Crippen LogP contribution in [0.25, 0.3) is 6.08 Å². The molecule has 33 heavy (non-hydrogen) atoms. The summed E-state index contributed by atoms with van der Waals surface area (Å²) in [5, 5.41) is 0. The van der Waals surface area contributed by atoms with Crippen molar-refractivity contribution in [3.8, 4) is 11.5 Å². The first-order valence-electron chi connectivity index (χ1n) is 10.3. The molecule has 1 heterocycles. The summed E-state index contributed by atoms with van der Waals surface area (Å²) in [5.41, 5.74) is 4.12. The van der Waals surface area contributed by atoms with Gasteiger partial charge in [-0.15, -0.1) is 0 Å². The van der Waals surface area contributed by atoms with Crippen LogP contribution >= 0.6 is 45.2 Å². The molecule has 0 radical (unpaired) electrons. The molecule has 3 aromatic rings. The number of ether oxygens (including phenoxy) is 3. The van der Waals surface area contributed by atoms with Crippen molar-refractivity contribution >= 4 is 63.1 Å². The van der Waals surface area contributed by atoms with Gasteiger partial charge in [0.1, 0.15) is 0 Å². The average molecular weight is 665 g/mol. The molecule has 0 fully saturated rings. The van der Waals surface area contributed by atoms with Crippen LogP contribution in [0.2, 0.25) is 0 Å². The maximum atomic E-state index is 12.4. The Hall–Kier alpha value is -2.40. The molecule has 4 rings (SSSR count). The van der Waals surface area contributed by atoms with Crippen molar-refractivity contribution in [2.24, 2.45) is 4.99 Å². The van der Waals surface area contributed by atoms with Gasteiger partial charge in [0.15, 0.2) is 17.2 Å². The van der Waals surface area contributed by atoms with E-state index in [-0.39, 0.29) is 5.70 Å². The van der Waals surface area contributed by atoms with Gasteiger partial charge in [-0.1, -0.05) is 30.3 Å². The molecule has 7 heteroatoms. The van der Waals surface area contributed by atoms with Crippen molar-refractivity contribution in [1.82, 2.24) is 0 Å². The van der Waals surface area contributed by atoms with Gasteiger partial charge in [0.2, 0.25) is 5.90 Å². The summed E-state index contributed by atoms with van der Waals surface area (Å²) in [6, 6.07) is 19.8. The van der Waals surface area contributed by atoms with Crippen LogP contribution in [-0.4, -0.2) is 25.6 Å². The Morgan fingerprint density at radius 1 is 1.03 bits per heavy atom. The van der Waals surface area contributed by atoms with Gasteiger partial charge in [-0.25, -0.2) is 9.79 Å². The van der Waals surface area contributed by atoms with Crippen LogP contribution in [0.3, 0.4) is 0 Å². The molecule has 0 saturated heterocycles. The summed E-state index contributed by atoms with van der Waals surface area (Å²) in [4.78, 5) is 16.9. The Kier molecular flexibility index (Phi) is 7.69. The molecule has 1 aliphatic rings. The molecular weight excluding hydrogens is 644 g/mol. The SMILES string of the molecule is COc1cc(/C=C2\N=C(c3ccc(I)c(C)c3)OC2=O)cc(I)c1OCCc1ccccc1. The molecule has 0 amide bonds. The van der Waals surface area contributed by atoms with Gasteiger partial charge in [0.05, 0.1) is 17.3 Å². The summed E-state index contributed by atoms with van der Waals surface area (Å²) in [6.45, 7) is 2.54. The number of hydrogen-bond donors (Lipinski definition) is 0. The first-order valence-corrected chi connectivity index (χ1v) is 12.4. The minimum absolute atomic E-state index is 0.247. The quantitative estimate of drug-likeness (QED) is 0.172. The average Bonchev–Trinajstić information content (AvgIpc) is 3.17. The highest BCUT2D eigenvalue weighted by atomic mass is 127. The van der Waals surface area contributed by atoms with Crippen molar-refractivity contribution in [3.63, 3.8) is 0 Å². The molecule has 0 aromatic heterocycles. The van der Waals surface area contributed by atoms with Gasteiger partial charge >= 0.3 is 5.97 Å². The number of rotatable bonds is 7. The highest BCUT2D eigenvalue weighted by Crippen LogP contribution is 2.35. The van der Waals surface area contributed by atoms with Crippen LogP contribution in [0.5, 0.6) is 11.5 Å². The summed E-state index contributed by atoms with van der Waals surface area (Å²) in [6.07, 6.45) is 2.50. The van der Waals surface area contributed by atoms with Crippen LogP contribution in [-0.2, 0) is 16.0 Å². The lowest BCUT2D eigenvalue weighted by Crippen LogP contribution is -2.06. The Balaban J connectivity index is 1.55. The van der Waals surface area contributed by atoms with E-state index in [1.165, 1.54) is 5.56 Å². The van der Waals surface area contributed by atoms with Gasteiger partial charge in [0, 0.05) is 15.6 Å². The second-order valence-electron chi connectivity index (χ2n) is 7.42. The third kappa shape index (κ3) is 5.75. The Bertz CT molecular complexity index is 1250. The molecule has 0 unspecified atom stereocenters. The third-order valence-corrected chi connectivity index (χ3v) is 7.07. The van der Waals surface area contributed by atoms with Crippen molar-refractivity contribution in [2.75, 3.05) is 13.7 Å². The van der Waals surface area contributed by atoms with E-state index in [1.807, 2.05) is 55.5 Å². The zero-order valence-corrected chi connectivity index (χ0v) is 22.4. The van der Waals surface area contributed by atoms with Crippen LogP contribution in [0.4, 0.5) is 0 Å². The number of methoxy groups -OCH3 is 1. The van der Waals surface area contributed by atoms with Gasteiger partial charge in [-0.05, 0) is 105 Å². The largest absolute Gasteiger partial charge is 0.493 e. The number of hydrogen-bond acceptors (Lipinski definition) is 5. The highest BCUT2D eigenvalue weighted by molar-refractivity contribution is 14.1. The van der Waals surface area contributed by atoms with Crippen molar-refractivity contribution < 1.29 is 19.0 Å². The van der Waals surface area contributed by atoms with Gasteiger partial charge in [-0.2, -0.15) is 0 Å². The lowest BCUT2D eigenvalue weighted by atomic mass is 10.1. The fourth-order valence-electron chi connectivity index (χ4n) is 3.35. The first-order chi connectivity index (χ1) is 15.9. The van der Waals surface area contributed by atoms with E-state index >= 15 is 0 Å². The van der Waals surface area contributed by atoms with E-state index < -0.39 is 5.97 Å². The number of aryl methyl sites for hydroxylation is 1. The predicted octanol–water partition coefficient (Wildman–Crippen LogP) is 6.18. The molecule has 5 nitrogen and oxygen atoms in total. The maximum absolute atomic E-state index is 12.4. The number of carbonyl (C=O) groups is 1. The number of carbonyl (C=O) groups excluding carboxylic acids is 1. The Labute approximate surface area is 220 Å². The Morgan fingerprint density at radius 2 is 1.82 bits per heavy atom. The zero-order chi connectivity index (χ0) is 23.4. The highest BCUT2D eigenvalue weighted by Gasteiger charge is 2.25. The third-order valence-electron chi connectivity index (χ3n) is 5.06. The molecule has 0 spiro atoms. The molecule has 0 aliphatic carbocycles. The van der Waals surface area contributed by atoms with Crippen molar-refractivity contribution in [1.29, 1.82) is 0 Å². The molecule has 0 bridgehead atoms. The van der Waals surface area contributed by atoms with Crippen LogP contribution in [0.15, 0.2) is 71.4 Å². The van der Waals surface area contributed by atoms with E-state index in [1.54, 1.807) is 13.2 Å². The number of cyclic esters (lactones) is 1. The molecule has 0 atom stereocenters. The van der Waals surface area contributed by atoms with Gasteiger partial charge in [0.25, 0.3) is 0 Å². The minimum Gasteiger partial charge on any atom is -0.493 e. The van der Waals surface area contributed by atoms with Crippen molar-refractivity contribution in [2.45, 2.75) is 13.3 Å². The van der Waals surface area contributed by atoms with Crippen LogP contribution in [0.1, 0.15) is 22.3 Å². The van der Waals surface area contributed by atoms with Crippen molar-refractivity contribution in [3.05, 3.63) is 95.8 Å². The van der Waals surface area contributed by atoms with E-state index in [0.29, 0.717) is 24.0 Å². The fourth-order valence-corrected chi connectivity index (χ4v) is 4.46. The second-order valence-corrected chi connectivity index (χ2v) is 9.74. The number of esters is 1. The predicted molar refractivity (Wildman–Crippen MR) is 146 cm³/mol.